The highest BCUT2D eigenvalue weighted by atomic mass is 16.5. The third-order valence-electron chi connectivity index (χ3n) is 8.24. The van der Waals surface area contributed by atoms with Crippen LogP contribution in [0.25, 0.3) is 0 Å². The third-order valence-corrected chi connectivity index (χ3v) is 8.24. The first-order valence-electron chi connectivity index (χ1n) is 14.6. The van der Waals surface area contributed by atoms with Gasteiger partial charge in [-0.05, 0) is 87.8 Å². The molecule has 0 spiro atoms. The number of hydrogen-bond acceptors (Lipinski definition) is 4. The average molecular weight is 517 g/mol. The van der Waals surface area contributed by atoms with Crippen LogP contribution in [0.3, 0.4) is 0 Å². The minimum atomic E-state index is -0.394. The number of hydrogen-bond donors (Lipinski definition) is 1. The number of methoxy groups -OCH3 is 1. The van der Waals surface area contributed by atoms with E-state index in [9.17, 15) is 9.90 Å². The molecule has 1 N–H and O–H groups in total. The van der Waals surface area contributed by atoms with Gasteiger partial charge in [0.15, 0.2) is 0 Å². The lowest BCUT2D eigenvalue weighted by atomic mass is 9.84. The van der Waals surface area contributed by atoms with Gasteiger partial charge in [0, 0.05) is 11.6 Å². The summed E-state index contributed by atoms with van der Waals surface area (Å²) in [6, 6.07) is 0. The summed E-state index contributed by atoms with van der Waals surface area (Å²) in [6.07, 6.45) is 15.2. The topological polar surface area (TPSA) is 55.8 Å². The third kappa shape index (κ3) is 11.1. The number of aromatic hydroxyl groups is 1. The number of fused-ring (bicyclic) bond motifs is 1. The summed E-state index contributed by atoms with van der Waals surface area (Å²) in [5.41, 5.74) is 4.23. The van der Waals surface area contributed by atoms with Crippen molar-refractivity contribution in [1.82, 2.24) is 0 Å². The smallest absolute Gasteiger partial charge is 0.329 e. The molecule has 1 aromatic carbocycles. The zero-order valence-corrected chi connectivity index (χ0v) is 25.5. The lowest BCUT2D eigenvalue weighted by molar-refractivity contribution is -0.134. The van der Waals surface area contributed by atoms with Crippen molar-refractivity contribution in [2.45, 2.75) is 132 Å². The molecule has 4 heteroatoms. The van der Waals surface area contributed by atoms with Gasteiger partial charge >= 0.3 is 5.97 Å². The quantitative estimate of drug-likeness (QED) is 0.210. The molecule has 0 saturated heterocycles. The van der Waals surface area contributed by atoms with Crippen molar-refractivity contribution in [3.05, 3.63) is 34.9 Å². The number of esters is 1. The van der Waals surface area contributed by atoms with Gasteiger partial charge in [0.25, 0.3) is 0 Å². The van der Waals surface area contributed by atoms with Gasteiger partial charge < -0.3 is 14.6 Å². The van der Waals surface area contributed by atoms with E-state index >= 15 is 0 Å². The van der Waals surface area contributed by atoms with Crippen LogP contribution in [0.5, 0.6) is 11.5 Å². The minimum absolute atomic E-state index is 0.0712. The molecule has 1 aromatic rings. The largest absolute Gasteiger partial charge is 0.507 e. The molecule has 0 aliphatic carbocycles. The maximum atomic E-state index is 10.4. The maximum absolute atomic E-state index is 10.4. The Bertz CT molecular complexity index is 857. The van der Waals surface area contributed by atoms with Gasteiger partial charge in [-0.2, -0.15) is 0 Å². The lowest BCUT2D eigenvalue weighted by Crippen LogP contribution is -2.37. The summed E-state index contributed by atoms with van der Waals surface area (Å²) in [5.74, 6) is 3.64. The minimum Gasteiger partial charge on any atom is -0.507 e. The summed E-state index contributed by atoms with van der Waals surface area (Å²) >= 11 is 0. The molecule has 0 bridgehead atoms. The molecule has 1 aliphatic heterocycles. The first-order chi connectivity index (χ1) is 17.3. The van der Waals surface area contributed by atoms with Crippen molar-refractivity contribution in [3.8, 4) is 11.5 Å². The van der Waals surface area contributed by atoms with Gasteiger partial charge in [-0.15, -0.1) is 0 Å². The van der Waals surface area contributed by atoms with Gasteiger partial charge in [-0.3, -0.25) is 0 Å². The van der Waals surface area contributed by atoms with Crippen LogP contribution in [-0.2, 0) is 16.0 Å². The Balaban J connectivity index is 0.00000102. The first kappa shape index (κ1) is 33.1. The van der Waals surface area contributed by atoms with Crippen molar-refractivity contribution in [3.63, 3.8) is 0 Å². The van der Waals surface area contributed by atoms with Gasteiger partial charge in [-0.25, -0.2) is 4.79 Å². The van der Waals surface area contributed by atoms with Crippen LogP contribution in [0.4, 0.5) is 0 Å². The molecule has 3 atom stereocenters. The molecule has 37 heavy (non-hydrogen) atoms. The summed E-state index contributed by atoms with van der Waals surface area (Å²) in [5, 5.41) is 10.4. The van der Waals surface area contributed by atoms with E-state index < -0.39 is 5.97 Å². The van der Waals surface area contributed by atoms with Crippen molar-refractivity contribution >= 4 is 5.97 Å². The Labute approximate surface area is 228 Å². The van der Waals surface area contributed by atoms with Crippen molar-refractivity contribution < 1.29 is 19.4 Å². The Morgan fingerprint density at radius 3 is 2.00 bits per heavy atom. The number of ether oxygens (including phenoxy) is 2. The molecule has 0 amide bonds. The SMILES string of the molecule is C=CC(=O)OC.Cc1c(C)c2c(c(C)c1O)CC[C@@](C)(CCCC(C)CCCC(C)CCCC(C)C)O2. The van der Waals surface area contributed by atoms with E-state index in [2.05, 4.69) is 52.9 Å². The van der Waals surface area contributed by atoms with Gasteiger partial charge in [0.05, 0.1) is 7.11 Å². The van der Waals surface area contributed by atoms with Crippen LogP contribution >= 0.6 is 0 Å². The molecular formula is C33H56O4. The fraction of sp³-hybridized carbons (Fsp3) is 0.727. The van der Waals surface area contributed by atoms with E-state index in [1.807, 2.05) is 13.8 Å². The summed E-state index contributed by atoms with van der Waals surface area (Å²) < 4.78 is 10.7. The number of phenolic OH excluding ortho intramolecular Hbond substituents is 1. The molecule has 1 aliphatic rings. The molecule has 0 radical (unpaired) electrons. The average Bonchev–Trinajstić information content (AvgIpc) is 2.85. The standard InChI is InChI=1S/C29H50O2.C4H6O2/c1-20(2)12-9-13-21(3)14-10-15-22(4)16-11-18-29(8)19-17-26-25(7)27(30)23(5)24(6)28(26)31-29;1-3-4(5)6-2/h20-22,30H,9-19H2,1-8H3;3H,1H2,2H3/t21?,22?,29-;/m1./s1. The fourth-order valence-corrected chi connectivity index (χ4v) is 5.36. The van der Waals surface area contributed by atoms with Gasteiger partial charge in [0.2, 0.25) is 0 Å². The summed E-state index contributed by atoms with van der Waals surface area (Å²) in [7, 11) is 1.31. The van der Waals surface area contributed by atoms with Crippen LogP contribution in [0.2, 0.25) is 0 Å². The molecule has 2 unspecified atom stereocenters. The number of carbonyl (C=O) groups is 1. The fourth-order valence-electron chi connectivity index (χ4n) is 5.36. The zero-order chi connectivity index (χ0) is 28.2. The highest BCUT2D eigenvalue weighted by molar-refractivity contribution is 5.80. The van der Waals surface area contributed by atoms with E-state index in [1.54, 1.807) is 0 Å². The van der Waals surface area contributed by atoms with E-state index in [0.717, 1.165) is 65.5 Å². The number of rotatable bonds is 13. The second-order valence-electron chi connectivity index (χ2n) is 12.2. The molecule has 212 valence electrons. The van der Waals surface area contributed by atoms with E-state index in [4.69, 9.17) is 4.74 Å². The van der Waals surface area contributed by atoms with E-state index in [-0.39, 0.29) is 5.60 Å². The highest BCUT2D eigenvalue weighted by Crippen LogP contribution is 2.44. The number of phenols is 1. The molecule has 0 saturated carbocycles. The van der Waals surface area contributed by atoms with Crippen molar-refractivity contribution in [2.24, 2.45) is 17.8 Å². The second kappa shape index (κ2) is 16.1. The second-order valence-corrected chi connectivity index (χ2v) is 12.2. The molecule has 4 nitrogen and oxygen atoms in total. The monoisotopic (exact) mass is 516 g/mol. The molecular weight excluding hydrogens is 460 g/mol. The number of benzene rings is 1. The van der Waals surface area contributed by atoms with Crippen molar-refractivity contribution in [1.29, 1.82) is 0 Å². The zero-order valence-electron chi connectivity index (χ0n) is 25.5. The predicted molar refractivity (Wildman–Crippen MR) is 157 cm³/mol. The lowest BCUT2D eigenvalue weighted by Gasteiger charge is -2.38. The Morgan fingerprint density at radius 1 is 0.973 bits per heavy atom. The van der Waals surface area contributed by atoms with Crippen molar-refractivity contribution in [2.75, 3.05) is 7.11 Å². The van der Waals surface area contributed by atoms with Crippen LogP contribution in [-0.4, -0.2) is 23.8 Å². The summed E-state index contributed by atoms with van der Waals surface area (Å²) in [6.45, 7) is 21.1. The Hall–Kier alpha value is -1.97. The highest BCUT2D eigenvalue weighted by Gasteiger charge is 2.34. The van der Waals surface area contributed by atoms with Gasteiger partial charge in [-0.1, -0.05) is 79.2 Å². The Kier molecular flexibility index (Phi) is 14.4. The summed E-state index contributed by atoms with van der Waals surface area (Å²) in [4.78, 5) is 9.84. The maximum Gasteiger partial charge on any atom is 0.329 e. The molecule has 0 aromatic heterocycles. The van der Waals surface area contributed by atoms with E-state index in [1.165, 1.54) is 64.0 Å². The predicted octanol–water partition coefficient (Wildman–Crippen LogP) is 9.19. The normalized spacial score (nSPS) is 18.2. The van der Waals surface area contributed by atoms with Crippen LogP contribution < -0.4 is 4.74 Å². The molecule has 0 fully saturated rings. The van der Waals surface area contributed by atoms with Crippen LogP contribution in [0.1, 0.15) is 121 Å². The van der Waals surface area contributed by atoms with Gasteiger partial charge in [0.1, 0.15) is 17.1 Å². The van der Waals surface area contributed by atoms with E-state index in [0.29, 0.717) is 5.75 Å². The molecule has 2 rings (SSSR count). The molecule has 1 heterocycles. The van der Waals surface area contributed by atoms with Crippen LogP contribution in [0.15, 0.2) is 12.7 Å². The first-order valence-corrected chi connectivity index (χ1v) is 14.6. The number of carbonyl (C=O) groups excluding carboxylic acids is 1. The van der Waals surface area contributed by atoms with Crippen LogP contribution in [0, 0.1) is 38.5 Å². The Morgan fingerprint density at radius 2 is 1.51 bits per heavy atom.